The number of carbonyl (C=O) groups is 1. The van der Waals surface area contributed by atoms with Crippen LogP contribution in [0.2, 0.25) is 0 Å². The Balaban J connectivity index is 2.29. The lowest BCUT2D eigenvalue weighted by atomic mass is 9.62. The fourth-order valence-electron chi connectivity index (χ4n) is 2.15. The lowest BCUT2D eigenvalue weighted by Crippen LogP contribution is -2.40. The summed E-state index contributed by atoms with van der Waals surface area (Å²) < 4.78 is 0. The molecular weight excluding hydrogens is 160 g/mol. The summed E-state index contributed by atoms with van der Waals surface area (Å²) in [6.07, 6.45) is 2.56. The second kappa shape index (κ2) is 2.99. The molecule has 0 unspecified atom stereocenters. The lowest BCUT2D eigenvalue weighted by Gasteiger charge is -2.40. The van der Waals surface area contributed by atoms with E-state index in [0.717, 1.165) is 19.3 Å². The Morgan fingerprint density at radius 2 is 1.85 bits per heavy atom. The van der Waals surface area contributed by atoms with E-state index in [4.69, 9.17) is 0 Å². The molecule has 0 aliphatic heterocycles. The van der Waals surface area contributed by atoms with Crippen molar-refractivity contribution in [3.63, 3.8) is 0 Å². The van der Waals surface area contributed by atoms with Crippen molar-refractivity contribution in [3.05, 3.63) is 35.9 Å². The Kier molecular flexibility index (Phi) is 1.95. The molecule has 68 valence electrons. The van der Waals surface area contributed by atoms with Crippen LogP contribution in [0.1, 0.15) is 31.7 Å². The average molecular weight is 174 g/mol. The Morgan fingerprint density at radius 3 is 2.31 bits per heavy atom. The monoisotopic (exact) mass is 174 g/mol. The fraction of sp³-hybridized carbons (Fsp3) is 0.417. The minimum absolute atomic E-state index is 0.179. The van der Waals surface area contributed by atoms with Crippen LogP contribution in [0.3, 0.4) is 0 Å². The van der Waals surface area contributed by atoms with Crippen LogP contribution >= 0.6 is 0 Å². The van der Waals surface area contributed by atoms with Crippen LogP contribution in [0.15, 0.2) is 30.3 Å². The van der Waals surface area contributed by atoms with E-state index in [1.54, 1.807) is 0 Å². The van der Waals surface area contributed by atoms with Gasteiger partial charge in [-0.2, -0.15) is 0 Å². The van der Waals surface area contributed by atoms with Crippen LogP contribution in [0.5, 0.6) is 0 Å². The number of benzene rings is 1. The predicted octanol–water partition coefficient (Wildman–Crippen LogP) is 2.70. The number of Topliss-reactive ketones (excluding diaryl/α,β-unsaturated/α-hetero) is 1. The molecule has 0 atom stereocenters. The van der Waals surface area contributed by atoms with E-state index in [9.17, 15) is 4.79 Å². The first-order chi connectivity index (χ1) is 6.27. The number of rotatable bonds is 2. The van der Waals surface area contributed by atoms with Gasteiger partial charge in [-0.25, -0.2) is 0 Å². The second-order valence-electron chi connectivity index (χ2n) is 3.89. The summed E-state index contributed by atoms with van der Waals surface area (Å²) in [6, 6.07) is 10.4. The first-order valence-electron chi connectivity index (χ1n) is 4.84. The van der Waals surface area contributed by atoms with E-state index in [0.29, 0.717) is 5.78 Å². The number of hydrogen-bond donors (Lipinski definition) is 0. The molecule has 1 nitrogen and oxygen atoms in total. The Labute approximate surface area is 78.8 Å². The van der Waals surface area contributed by atoms with Crippen LogP contribution in [-0.2, 0) is 10.2 Å². The first kappa shape index (κ1) is 8.49. The van der Waals surface area contributed by atoms with E-state index < -0.39 is 0 Å². The average Bonchev–Trinajstić information content (AvgIpc) is 2.14. The summed E-state index contributed by atoms with van der Waals surface area (Å²) in [5.74, 6) is 0.408. The molecule has 0 spiro atoms. The maximum atomic E-state index is 11.0. The lowest BCUT2D eigenvalue weighted by molar-refractivity contribution is -0.128. The highest BCUT2D eigenvalue weighted by Crippen LogP contribution is 2.43. The van der Waals surface area contributed by atoms with Gasteiger partial charge in [0.1, 0.15) is 5.78 Å². The zero-order valence-electron chi connectivity index (χ0n) is 7.92. The topological polar surface area (TPSA) is 17.1 Å². The van der Waals surface area contributed by atoms with Gasteiger partial charge in [0.2, 0.25) is 0 Å². The van der Waals surface area contributed by atoms with E-state index in [2.05, 4.69) is 31.2 Å². The van der Waals surface area contributed by atoms with Crippen LogP contribution in [0.25, 0.3) is 0 Å². The van der Waals surface area contributed by atoms with Crippen LogP contribution < -0.4 is 0 Å². The number of hydrogen-bond acceptors (Lipinski definition) is 1. The molecule has 0 heterocycles. The molecule has 1 aromatic carbocycles. The van der Waals surface area contributed by atoms with Gasteiger partial charge in [0.05, 0.1) is 0 Å². The molecule has 1 fully saturated rings. The van der Waals surface area contributed by atoms with Crippen LogP contribution in [0.4, 0.5) is 0 Å². The number of ketones is 1. The Bertz CT molecular complexity index is 305. The molecule has 1 aliphatic carbocycles. The summed E-state index contributed by atoms with van der Waals surface area (Å²) in [5, 5.41) is 0. The largest absolute Gasteiger partial charge is 0.300 e. The first-order valence-corrected chi connectivity index (χ1v) is 4.84. The molecule has 13 heavy (non-hydrogen) atoms. The fourth-order valence-corrected chi connectivity index (χ4v) is 2.15. The highest BCUT2D eigenvalue weighted by atomic mass is 16.1. The summed E-state index contributed by atoms with van der Waals surface area (Å²) >= 11 is 0. The van der Waals surface area contributed by atoms with Crippen molar-refractivity contribution in [1.29, 1.82) is 0 Å². The third-order valence-corrected chi connectivity index (χ3v) is 3.13. The van der Waals surface area contributed by atoms with Crippen molar-refractivity contribution < 1.29 is 4.79 Å². The summed E-state index contributed by atoms with van der Waals surface area (Å²) in [6.45, 7) is 2.17. The molecule has 1 heteroatoms. The molecule has 1 saturated carbocycles. The van der Waals surface area contributed by atoms with Gasteiger partial charge in [-0.1, -0.05) is 37.3 Å². The van der Waals surface area contributed by atoms with Crippen molar-refractivity contribution in [2.45, 2.75) is 31.6 Å². The van der Waals surface area contributed by atoms with Gasteiger partial charge in [-0.05, 0) is 12.0 Å². The molecular formula is C12H14O. The van der Waals surface area contributed by atoms with Gasteiger partial charge in [0.15, 0.2) is 0 Å². The molecule has 1 aliphatic rings. The van der Waals surface area contributed by atoms with Gasteiger partial charge in [0, 0.05) is 18.3 Å². The van der Waals surface area contributed by atoms with Crippen LogP contribution in [-0.4, -0.2) is 5.78 Å². The third-order valence-electron chi connectivity index (χ3n) is 3.13. The zero-order chi connectivity index (χ0) is 9.31. The van der Waals surface area contributed by atoms with Gasteiger partial charge in [-0.15, -0.1) is 0 Å². The molecule has 0 N–H and O–H groups in total. The normalized spacial score (nSPS) is 19.6. The van der Waals surface area contributed by atoms with Crippen LogP contribution in [0, 0.1) is 0 Å². The Hall–Kier alpha value is -1.11. The minimum atomic E-state index is 0.179. The smallest absolute Gasteiger partial charge is 0.134 e. The van der Waals surface area contributed by atoms with Crippen molar-refractivity contribution >= 4 is 5.78 Å². The van der Waals surface area contributed by atoms with E-state index in [1.165, 1.54) is 5.56 Å². The number of carbonyl (C=O) groups excluding carboxylic acids is 1. The summed E-state index contributed by atoms with van der Waals surface area (Å²) in [7, 11) is 0. The molecule has 0 amide bonds. The zero-order valence-corrected chi connectivity index (χ0v) is 7.92. The van der Waals surface area contributed by atoms with Crippen molar-refractivity contribution in [3.8, 4) is 0 Å². The molecule has 2 rings (SSSR count). The minimum Gasteiger partial charge on any atom is -0.300 e. The second-order valence-corrected chi connectivity index (χ2v) is 3.89. The third kappa shape index (κ3) is 1.28. The molecule has 0 radical (unpaired) electrons. The van der Waals surface area contributed by atoms with Gasteiger partial charge < -0.3 is 0 Å². The van der Waals surface area contributed by atoms with Crippen molar-refractivity contribution in [1.82, 2.24) is 0 Å². The van der Waals surface area contributed by atoms with Crippen molar-refractivity contribution in [2.75, 3.05) is 0 Å². The van der Waals surface area contributed by atoms with Gasteiger partial charge >= 0.3 is 0 Å². The Morgan fingerprint density at radius 1 is 1.23 bits per heavy atom. The van der Waals surface area contributed by atoms with Gasteiger partial charge in [0.25, 0.3) is 0 Å². The maximum absolute atomic E-state index is 11.0. The molecule has 1 aromatic rings. The maximum Gasteiger partial charge on any atom is 0.134 e. The summed E-state index contributed by atoms with van der Waals surface area (Å²) in [4.78, 5) is 11.0. The standard InChI is InChI=1S/C12H14O/c1-2-12(8-11(13)9-12)10-6-4-3-5-7-10/h3-7H,2,8-9H2,1H3. The summed E-state index contributed by atoms with van der Waals surface area (Å²) in [5.41, 5.74) is 1.51. The highest BCUT2D eigenvalue weighted by molar-refractivity contribution is 5.88. The van der Waals surface area contributed by atoms with E-state index in [1.807, 2.05) is 6.07 Å². The van der Waals surface area contributed by atoms with E-state index in [-0.39, 0.29) is 5.41 Å². The highest BCUT2D eigenvalue weighted by Gasteiger charge is 2.42. The molecule has 0 aromatic heterocycles. The quantitative estimate of drug-likeness (QED) is 0.673. The van der Waals surface area contributed by atoms with Crippen molar-refractivity contribution in [2.24, 2.45) is 0 Å². The predicted molar refractivity (Wildman–Crippen MR) is 52.7 cm³/mol. The SMILES string of the molecule is CCC1(c2ccccc2)CC(=O)C1. The molecule has 0 bridgehead atoms. The van der Waals surface area contributed by atoms with E-state index >= 15 is 0 Å². The molecule has 0 saturated heterocycles. The van der Waals surface area contributed by atoms with Gasteiger partial charge in [-0.3, -0.25) is 4.79 Å².